The van der Waals surface area contributed by atoms with Crippen LogP contribution in [0.2, 0.25) is 0 Å². The fourth-order valence-corrected chi connectivity index (χ4v) is 3.70. The molecule has 0 heterocycles. The molecule has 0 amide bonds. The van der Waals surface area contributed by atoms with Crippen molar-refractivity contribution < 1.29 is 18.9 Å². The molecule has 0 aliphatic heterocycles. The Labute approximate surface area is 134 Å². The van der Waals surface area contributed by atoms with Crippen molar-refractivity contribution >= 4 is 30.4 Å². The fourth-order valence-electron chi connectivity index (χ4n) is 1.96. The van der Waals surface area contributed by atoms with Crippen molar-refractivity contribution in [3.05, 3.63) is 59.2 Å². The van der Waals surface area contributed by atoms with Crippen LogP contribution >= 0.6 is 20.0 Å². The summed E-state index contributed by atoms with van der Waals surface area (Å²) >= 11 is 1.67. The van der Waals surface area contributed by atoms with E-state index in [-0.39, 0.29) is 18.9 Å². The molecule has 0 aromatic heterocycles. The number of thioether (sulfide) groups is 1. The topological polar surface area (TPSA) is 0 Å². The van der Waals surface area contributed by atoms with Crippen molar-refractivity contribution in [1.82, 2.24) is 0 Å². The van der Waals surface area contributed by atoms with E-state index < -0.39 is 0 Å². The fraction of sp³-hybridized carbons (Fsp3) is 0.188. The quantitative estimate of drug-likeness (QED) is 0.356. The first-order valence-corrected chi connectivity index (χ1v) is 7.63. The van der Waals surface area contributed by atoms with Crippen LogP contribution in [0.25, 0.3) is 0 Å². The average Bonchev–Trinajstić information content (AvgIpc) is 2.34. The summed E-state index contributed by atoms with van der Waals surface area (Å²) in [6.45, 7) is 6.50. The Morgan fingerprint density at radius 1 is 0.947 bits per heavy atom. The van der Waals surface area contributed by atoms with Gasteiger partial charge in [0, 0.05) is 0 Å². The molecule has 0 N–H and O–H groups in total. The molecule has 19 heavy (non-hydrogen) atoms. The van der Waals surface area contributed by atoms with E-state index >= 15 is 0 Å². The average molecular weight is 278 g/mol. The minimum Gasteiger partial charge on any atom is -0.394 e. The molecule has 0 atom stereocenters. The molecule has 2 aromatic rings. The van der Waals surface area contributed by atoms with Crippen molar-refractivity contribution in [2.24, 2.45) is 0 Å². The second kappa shape index (κ2) is 7.98. The van der Waals surface area contributed by atoms with Crippen molar-refractivity contribution in [3.8, 4) is 0 Å². The standard InChI is InChI=1S/C16H16PS.Li/c1-12-9-13(2)16(14(3)10-12)17-11-18-15-7-5-4-6-8-15;/h4-10H,1-3H3;/q-1;+1. The van der Waals surface area contributed by atoms with Gasteiger partial charge in [-0.25, -0.2) is 0 Å². The Kier molecular flexibility index (Phi) is 6.98. The molecular weight excluding hydrogens is 262 g/mol. The molecule has 92 valence electrons. The molecule has 0 fully saturated rings. The van der Waals surface area contributed by atoms with Gasteiger partial charge >= 0.3 is 18.9 Å². The first-order chi connectivity index (χ1) is 8.66. The van der Waals surface area contributed by atoms with E-state index in [4.69, 9.17) is 0 Å². The molecular formula is C16H16LiPS. The summed E-state index contributed by atoms with van der Waals surface area (Å²) in [5.74, 6) is 0. The van der Waals surface area contributed by atoms with Crippen LogP contribution in [-0.2, 0) is 0 Å². The summed E-state index contributed by atoms with van der Waals surface area (Å²) in [6.07, 6.45) is 0. The summed E-state index contributed by atoms with van der Waals surface area (Å²) in [7, 11) is 1.16. The molecule has 0 spiro atoms. The van der Waals surface area contributed by atoms with E-state index in [1.54, 1.807) is 11.8 Å². The third-order valence-electron chi connectivity index (χ3n) is 2.70. The van der Waals surface area contributed by atoms with Crippen molar-refractivity contribution in [1.29, 1.82) is 0 Å². The largest absolute Gasteiger partial charge is 1.00 e. The Hall–Kier alpha value is -0.443. The predicted octanol–water partition coefficient (Wildman–Crippen LogP) is 1.62. The van der Waals surface area contributed by atoms with E-state index in [2.05, 4.69) is 62.3 Å². The number of hydrogen-bond donors (Lipinski definition) is 0. The molecule has 0 saturated heterocycles. The third kappa shape index (κ3) is 4.86. The van der Waals surface area contributed by atoms with Crippen LogP contribution in [0, 0.1) is 20.8 Å². The number of aryl methyl sites for hydroxylation is 3. The zero-order valence-electron chi connectivity index (χ0n) is 11.9. The normalized spacial score (nSPS) is 10.5. The van der Waals surface area contributed by atoms with Crippen LogP contribution in [0.4, 0.5) is 0 Å². The Bertz CT molecular complexity index is 541. The van der Waals surface area contributed by atoms with E-state index in [0.717, 1.165) is 8.20 Å². The number of hydrogen-bond acceptors (Lipinski definition) is 1. The summed E-state index contributed by atoms with van der Waals surface area (Å²) in [5.41, 5.74) is 4.05. The second-order valence-electron chi connectivity index (χ2n) is 4.37. The molecule has 2 rings (SSSR count). The van der Waals surface area contributed by atoms with Gasteiger partial charge in [-0.05, 0) is 42.1 Å². The van der Waals surface area contributed by atoms with Gasteiger partial charge in [0.15, 0.2) is 0 Å². The van der Waals surface area contributed by atoms with Gasteiger partial charge in [0.2, 0.25) is 0 Å². The molecule has 2 aromatic carbocycles. The van der Waals surface area contributed by atoms with Crippen molar-refractivity contribution in [2.45, 2.75) is 25.7 Å². The van der Waals surface area contributed by atoms with Gasteiger partial charge in [0.1, 0.15) is 0 Å². The Balaban J connectivity index is 0.00000180. The van der Waals surface area contributed by atoms with E-state index in [0.29, 0.717) is 0 Å². The molecule has 0 aliphatic rings. The van der Waals surface area contributed by atoms with Crippen LogP contribution < -0.4 is 24.2 Å². The molecule has 0 saturated carbocycles. The van der Waals surface area contributed by atoms with Gasteiger partial charge in [-0.15, -0.1) is 0 Å². The van der Waals surface area contributed by atoms with Crippen molar-refractivity contribution in [2.75, 3.05) is 0 Å². The second-order valence-corrected chi connectivity index (χ2v) is 6.44. The maximum Gasteiger partial charge on any atom is 1.00 e. The Morgan fingerprint density at radius 2 is 1.53 bits per heavy atom. The van der Waals surface area contributed by atoms with E-state index in [1.165, 1.54) is 26.9 Å². The smallest absolute Gasteiger partial charge is 0.394 e. The SMILES string of the molecule is Cc1cc(C)c(P=[C-]Sc2ccccc2)c(C)c1.[Li+]. The minimum atomic E-state index is 0. The zero-order valence-corrected chi connectivity index (χ0v) is 13.6. The Morgan fingerprint density at radius 3 is 2.11 bits per heavy atom. The molecule has 3 heteroatoms. The zero-order chi connectivity index (χ0) is 13.0. The minimum absolute atomic E-state index is 0. The van der Waals surface area contributed by atoms with Crippen LogP contribution in [0.1, 0.15) is 16.7 Å². The van der Waals surface area contributed by atoms with E-state index in [9.17, 15) is 0 Å². The van der Waals surface area contributed by atoms with Crippen LogP contribution in [0.5, 0.6) is 0 Å². The third-order valence-corrected chi connectivity index (χ3v) is 4.87. The molecule has 0 aliphatic carbocycles. The monoisotopic (exact) mass is 278 g/mol. The maximum atomic E-state index is 3.41. The van der Waals surface area contributed by atoms with Gasteiger partial charge in [-0.1, -0.05) is 48.0 Å². The van der Waals surface area contributed by atoms with E-state index in [1.807, 2.05) is 6.07 Å². The summed E-state index contributed by atoms with van der Waals surface area (Å²) < 4.78 is 0. The molecule has 0 radical (unpaired) electrons. The summed E-state index contributed by atoms with van der Waals surface area (Å²) in [6, 6.07) is 14.9. The first-order valence-electron chi connectivity index (χ1n) is 5.92. The van der Waals surface area contributed by atoms with Gasteiger partial charge in [0.05, 0.1) is 0 Å². The summed E-state index contributed by atoms with van der Waals surface area (Å²) in [4.78, 5) is 1.24. The number of rotatable bonds is 3. The number of benzene rings is 2. The molecule has 0 nitrogen and oxygen atoms in total. The summed E-state index contributed by atoms with van der Waals surface area (Å²) in [5, 5.41) is 4.79. The van der Waals surface area contributed by atoms with Crippen LogP contribution in [0.15, 0.2) is 47.4 Å². The molecule has 0 unspecified atom stereocenters. The van der Waals surface area contributed by atoms with Crippen LogP contribution in [-0.4, -0.2) is 5.13 Å². The van der Waals surface area contributed by atoms with Crippen LogP contribution in [0.3, 0.4) is 0 Å². The predicted molar refractivity (Wildman–Crippen MR) is 84.5 cm³/mol. The maximum absolute atomic E-state index is 3.41. The first kappa shape index (κ1) is 16.6. The van der Waals surface area contributed by atoms with Gasteiger partial charge in [-0.2, -0.15) is 0 Å². The van der Waals surface area contributed by atoms with Gasteiger partial charge in [0.25, 0.3) is 0 Å². The van der Waals surface area contributed by atoms with Gasteiger partial charge < -0.3 is 16.9 Å². The molecule has 0 bridgehead atoms. The van der Waals surface area contributed by atoms with Gasteiger partial charge in [-0.3, -0.25) is 8.20 Å². The van der Waals surface area contributed by atoms with Crippen molar-refractivity contribution in [3.63, 3.8) is 0 Å².